The van der Waals surface area contributed by atoms with Crippen molar-refractivity contribution in [1.29, 1.82) is 0 Å². The molecule has 0 aliphatic rings. The lowest BCUT2D eigenvalue weighted by Crippen LogP contribution is -2.37. The van der Waals surface area contributed by atoms with Crippen LogP contribution < -0.4 is 4.89 Å². The summed E-state index contributed by atoms with van der Waals surface area (Å²) >= 11 is 0. The Labute approximate surface area is 403 Å². The maximum absolute atomic E-state index is 12.8. The molecular formula is C56H92NO8P. The second-order valence-corrected chi connectivity index (χ2v) is 18.8. The molecule has 0 heterocycles. The Morgan fingerprint density at radius 1 is 0.470 bits per heavy atom. The molecule has 0 saturated carbocycles. The van der Waals surface area contributed by atoms with Gasteiger partial charge in [0.15, 0.2) is 6.10 Å². The summed E-state index contributed by atoms with van der Waals surface area (Å²) in [6.07, 6.45) is 65.1. The predicted molar refractivity (Wildman–Crippen MR) is 277 cm³/mol. The summed E-state index contributed by atoms with van der Waals surface area (Å²) in [6, 6.07) is 0. The number of rotatable bonds is 44. The predicted octanol–water partition coefficient (Wildman–Crippen LogP) is 14.6. The van der Waals surface area contributed by atoms with Gasteiger partial charge in [0.25, 0.3) is 7.82 Å². The monoisotopic (exact) mass is 938 g/mol. The van der Waals surface area contributed by atoms with E-state index in [2.05, 4.69) is 135 Å². The smallest absolute Gasteiger partial charge is 0.306 e. The van der Waals surface area contributed by atoms with Crippen LogP contribution in [0.2, 0.25) is 0 Å². The van der Waals surface area contributed by atoms with Crippen molar-refractivity contribution < 1.29 is 42.1 Å². The highest BCUT2D eigenvalue weighted by molar-refractivity contribution is 7.45. The lowest BCUT2D eigenvalue weighted by molar-refractivity contribution is -0.870. The molecule has 374 valence electrons. The molecule has 0 fully saturated rings. The van der Waals surface area contributed by atoms with Gasteiger partial charge in [0.05, 0.1) is 27.7 Å². The zero-order valence-electron chi connectivity index (χ0n) is 42.1. The quantitative estimate of drug-likeness (QED) is 0.0195. The fourth-order valence-corrected chi connectivity index (χ4v) is 6.85. The standard InChI is InChI=1S/C56H92NO8P/c1-6-8-10-12-14-16-18-20-22-24-26-27-28-29-31-33-35-37-39-41-43-45-47-49-56(59)65-54(53-64-66(60,61)63-51-50-57(3,4)5)52-62-55(58)48-46-44-42-40-38-36-34-32-30-25-23-21-19-17-15-13-11-9-7-2/h8-11,14-17,20-23,26-27,29-32,36,38,54H,6-7,12-13,18-19,24-25,28,33-35,37,39-53H2,1-5H3/b10-8-,11-9-,16-14-,17-15-,22-20-,23-21-,27-26-,31-29-,32-30-,38-36-. The number of nitrogens with zero attached hydrogens (tertiary/aromatic N) is 1. The van der Waals surface area contributed by atoms with E-state index >= 15 is 0 Å². The van der Waals surface area contributed by atoms with Gasteiger partial charge < -0.3 is 27.9 Å². The van der Waals surface area contributed by atoms with E-state index in [9.17, 15) is 19.0 Å². The van der Waals surface area contributed by atoms with Crippen LogP contribution in [0.15, 0.2) is 122 Å². The third kappa shape index (κ3) is 49.8. The second kappa shape index (κ2) is 46.5. The molecular weight excluding hydrogens is 846 g/mol. The zero-order valence-corrected chi connectivity index (χ0v) is 43.0. The Hall–Kier alpha value is -3.59. The minimum absolute atomic E-state index is 0.0465. The van der Waals surface area contributed by atoms with Gasteiger partial charge in [-0.2, -0.15) is 0 Å². The highest BCUT2D eigenvalue weighted by Gasteiger charge is 2.21. The van der Waals surface area contributed by atoms with Gasteiger partial charge in [0.2, 0.25) is 0 Å². The van der Waals surface area contributed by atoms with Gasteiger partial charge in [-0.15, -0.1) is 0 Å². The van der Waals surface area contributed by atoms with Gasteiger partial charge in [0.1, 0.15) is 19.8 Å². The molecule has 0 spiro atoms. The van der Waals surface area contributed by atoms with Gasteiger partial charge in [-0.05, 0) is 103 Å². The Bertz CT molecular complexity index is 1530. The molecule has 9 nitrogen and oxygen atoms in total. The van der Waals surface area contributed by atoms with E-state index in [4.69, 9.17) is 18.5 Å². The molecule has 2 atom stereocenters. The molecule has 0 saturated heterocycles. The summed E-state index contributed by atoms with van der Waals surface area (Å²) in [6.45, 7) is 3.93. The molecule has 0 aliphatic heterocycles. The van der Waals surface area contributed by atoms with Crippen LogP contribution in [0, 0.1) is 0 Å². The normalized spacial score (nSPS) is 14.5. The highest BCUT2D eigenvalue weighted by Crippen LogP contribution is 2.38. The van der Waals surface area contributed by atoms with Crippen LogP contribution in [0.3, 0.4) is 0 Å². The summed E-state index contributed by atoms with van der Waals surface area (Å²) < 4.78 is 34.0. The largest absolute Gasteiger partial charge is 0.756 e. The molecule has 0 aliphatic carbocycles. The van der Waals surface area contributed by atoms with Crippen molar-refractivity contribution in [3.63, 3.8) is 0 Å². The maximum Gasteiger partial charge on any atom is 0.306 e. The van der Waals surface area contributed by atoms with Gasteiger partial charge in [-0.25, -0.2) is 0 Å². The number of allylic oxidation sites excluding steroid dienone is 20. The molecule has 2 unspecified atom stereocenters. The molecule has 0 aromatic carbocycles. The van der Waals surface area contributed by atoms with E-state index in [1.165, 1.54) is 12.8 Å². The molecule has 0 radical (unpaired) electrons. The van der Waals surface area contributed by atoms with Crippen molar-refractivity contribution in [3.8, 4) is 0 Å². The number of ether oxygens (including phenoxy) is 2. The first-order valence-electron chi connectivity index (χ1n) is 25.2. The van der Waals surface area contributed by atoms with Gasteiger partial charge in [-0.1, -0.05) is 174 Å². The first-order chi connectivity index (χ1) is 32.0. The van der Waals surface area contributed by atoms with Crippen LogP contribution in [0.5, 0.6) is 0 Å². The van der Waals surface area contributed by atoms with Crippen LogP contribution >= 0.6 is 7.82 Å². The number of hydrogen-bond donors (Lipinski definition) is 0. The molecule has 66 heavy (non-hydrogen) atoms. The number of quaternary nitrogens is 1. The molecule has 0 bridgehead atoms. The minimum Gasteiger partial charge on any atom is -0.756 e. The molecule has 0 aromatic rings. The zero-order chi connectivity index (χ0) is 48.5. The summed E-state index contributed by atoms with van der Waals surface area (Å²) in [5.74, 6) is -0.897. The average Bonchev–Trinajstić information content (AvgIpc) is 3.27. The number of hydrogen-bond acceptors (Lipinski definition) is 8. The molecule has 10 heteroatoms. The summed E-state index contributed by atoms with van der Waals surface area (Å²) in [5, 5.41) is 0. The Balaban J connectivity index is 4.38. The summed E-state index contributed by atoms with van der Waals surface area (Å²) in [4.78, 5) is 37.7. The lowest BCUT2D eigenvalue weighted by atomic mass is 10.1. The van der Waals surface area contributed by atoms with Crippen LogP contribution in [-0.4, -0.2) is 70.0 Å². The Morgan fingerprint density at radius 3 is 1.23 bits per heavy atom. The van der Waals surface area contributed by atoms with Crippen molar-refractivity contribution in [2.24, 2.45) is 0 Å². The first kappa shape index (κ1) is 62.4. The van der Waals surface area contributed by atoms with Crippen LogP contribution in [0.4, 0.5) is 0 Å². The molecule has 0 aromatic heterocycles. The number of carbonyl (C=O) groups is 2. The van der Waals surface area contributed by atoms with Crippen molar-refractivity contribution in [2.45, 2.75) is 174 Å². The van der Waals surface area contributed by atoms with Crippen molar-refractivity contribution in [1.82, 2.24) is 0 Å². The number of phosphoric ester groups is 1. The molecule has 0 rings (SSSR count). The van der Waals surface area contributed by atoms with E-state index < -0.39 is 32.5 Å². The maximum atomic E-state index is 12.8. The van der Waals surface area contributed by atoms with Crippen LogP contribution in [-0.2, 0) is 32.7 Å². The van der Waals surface area contributed by atoms with E-state index in [0.29, 0.717) is 23.9 Å². The van der Waals surface area contributed by atoms with Gasteiger partial charge in [0, 0.05) is 12.8 Å². The molecule has 0 N–H and O–H groups in total. The second-order valence-electron chi connectivity index (χ2n) is 17.4. The van der Waals surface area contributed by atoms with Crippen molar-refractivity contribution in [3.05, 3.63) is 122 Å². The number of carbonyl (C=O) groups excluding carboxylic acids is 2. The van der Waals surface area contributed by atoms with E-state index in [-0.39, 0.29) is 26.1 Å². The SMILES string of the molecule is CC/C=C\C/C=C\C/C=C\C/C=C\C/C=C\CCCCCCCCCC(=O)OC(COC(=O)CCCCC/C=C\C/C=C\C/C=C\C/C=C\C/C=C\CC)COP(=O)([O-])OCC[N+](C)(C)C. The third-order valence-corrected chi connectivity index (χ3v) is 10.9. The fourth-order valence-electron chi connectivity index (χ4n) is 6.12. The van der Waals surface area contributed by atoms with Crippen molar-refractivity contribution in [2.75, 3.05) is 47.5 Å². The van der Waals surface area contributed by atoms with E-state index in [1.807, 2.05) is 21.1 Å². The average molecular weight is 938 g/mol. The third-order valence-electron chi connectivity index (χ3n) is 9.98. The number of esters is 2. The number of unbranched alkanes of at least 4 members (excludes halogenated alkanes) is 10. The van der Waals surface area contributed by atoms with E-state index in [0.717, 1.165) is 116 Å². The molecule has 0 amide bonds. The van der Waals surface area contributed by atoms with Crippen LogP contribution in [0.25, 0.3) is 0 Å². The highest BCUT2D eigenvalue weighted by atomic mass is 31.2. The van der Waals surface area contributed by atoms with Gasteiger partial charge >= 0.3 is 11.9 Å². The van der Waals surface area contributed by atoms with E-state index in [1.54, 1.807) is 0 Å². The summed E-state index contributed by atoms with van der Waals surface area (Å²) in [5.41, 5.74) is 0. The number of likely N-dealkylation sites (N-methyl/N-ethyl adjacent to an activating group) is 1. The minimum atomic E-state index is -4.65. The Kier molecular flexibility index (Phi) is 44.0. The number of phosphoric acid groups is 1. The first-order valence-corrected chi connectivity index (χ1v) is 26.7. The summed E-state index contributed by atoms with van der Waals surface area (Å²) in [7, 11) is 1.11. The van der Waals surface area contributed by atoms with Crippen LogP contribution in [0.1, 0.15) is 168 Å². The van der Waals surface area contributed by atoms with Crippen molar-refractivity contribution >= 4 is 19.8 Å². The fraction of sp³-hybridized carbons (Fsp3) is 0.607. The van der Waals surface area contributed by atoms with Gasteiger partial charge in [-0.3, -0.25) is 14.2 Å². The lowest BCUT2D eigenvalue weighted by Gasteiger charge is -2.28. The topological polar surface area (TPSA) is 111 Å². The Morgan fingerprint density at radius 2 is 0.818 bits per heavy atom.